The third-order valence-corrected chi connectivity index (χ3v) is 4.41. The van der Waals surface area contributed by atoms with Crippen LogP contribution in [-0.2, 0) is 25.2 Å². The monoisotopic (exact) mass is 438 g/mol. The maximum Gasteiger partial charge on any atom is 0.416 e. The van der Waals surface area contributed by atoms with E-state index in [2.05, 4.69) is 5.32 Å². The van der Waals surface area contributed by atoms with Crippen LogP contribution in [0.2, 0.25) is 0 Å². The van der Waals surface area contributed by atoms with Crippen molar-refractivity contribution in [2.45, 2.75) is 6.18 Å². The van der Waals surface area contributed by atoms with Gasteiger partial charge in [-0.1, -0.05) is 18.2 Å². The van der Waals surface area contributed by atoms with Crippen LogP contribution in [0.15, 0.2) is 48.5 Å². The topological polar surface area (TPSA) is 77.1 Å². The molecule has 2 aromatic carbocycles. The molecule has 1 heterocycles. The Morgan fingerprint density at radius 2 is 1.74 bits per heavy atom. The fraction of sp³-hybridized carbons (Fsp3) is 0.333. The van der Waals surface area contributed by atoms with Crippen molar-refractivity contribution in [3.63, 3.8) is 0 Å². The molecule has 1 fully saturated rings. The summed E-state index contributed by atoms with van der Waals surface area (Å²) in [5.41, 5.74) is -0.477. The van der Waals surface area contributed by atoms with Gasteiger partial charge in [0.05, 0.1) is 30.2 Å². The Balaban J connectivity index is 1.61. The largest absolute Gasteiger partial charge is 0.482 e. The fourth-order valence-electron chi connectivity index (χ4n) is 2.93. The molecule has 2 aromatic rings. The van der Waals surface area contributed by atoms with Crippen molar-refractivity contribution in [1.82, 2.24) is 0 Å². The Labute approximate surface area is 176 Å². The number of carbonyl (C=O) groups excluding carboxylic acids is 2. The molecule has 166 valence electrons. The van der Waals surface area contributed by atoms with E-state index in [4.69, 9.17) is 14.2 Å². The lowest BCUT2D eigenvalue weighted by Crippen LogP contribution is -2.37. The van der Waals surface area contributed by atoms with Gasteiger partial charge in [0, 0.05) is 13.1 Å². The molecule has 0 aromatic heterocycles. The summed E-state index contributed by atoms with van der Waals surface area (Å²) in [6, 6.07) is 11.7. The number of rotatable bonds is 7. The SMILES string of the molecule is O=C(COC(=O)COc1ccccc1)Nc1cc(C(F)(F)F)ccc1N1CCOCC1. The first-order valence-corrected chi connectivity index (χ1v) is 9.50. The summed E-state index contributed by atoms with van der Waals surface area (Å²) < 4.78 is 54.7. The second-order valence-electron chi connectivity index (χ2n) is 6.64. The summed E-state index contributed by atoms with van der Waals surface area (Å²) in [7, 11) is 0. The Hall–Kier alpha value is -3.27. The van der Waals surface area contributed by atoms with Crippen LogP contribution < -0.4 is 15.0 Å². The van der Waals surface area contributed by atoms with Crippen molar-refractivity contribution >= 4 is 23.3 Å². The van der Waals surface area contributed by atoms with Crippen LogP contribution in [0.5, 0.6) is 5.75 Å². The number of benzene rings is 2. The van der Waals surface area contributed by atoms with Gasteiger partial charge in [-0.25, -0.2) is 4.79 Å². The predicted octanol–water partition coefficient (Wildman–Crippen LogP) is 3.10. The van der Waals surface area contributed by atoms with E-state index in [-0.39, 0.29) is 5.69 Å². The highest BCUT2D eigenvalue weighted by Gasteiger charge is 2.32. The summed E-state index contributed by atoms with van der Waals surface area (Å²) in [5, 5.41) is 2.41. The second-order valence-corrected chi connectivity index (χ2v) is 6.64. The Kier molecular flexibility index (Phi) is 7.35. The van der Waals surface area contributed by atoms with Crippen LogP contribution >= 0.6 is 0 Å². The van der Waals surface area contributed by atoms with Crippen molar-refractivity contribution in [2.75, 3.05) is 49.7 Å². The van der Waals surface area contributed by atoms with Crippen LogP contribution in [0.4, 0.5) is 24.5 Å². The van der Waals surface area contributed by atoms with Crippen molar-refractivity contribution < 1.29 is 37.0 Å². The van der Waals surface area contributed by atoms with E-state index in [9.17, 15) is 22.8 Å². The smallest absolute Gasteiger partial charge is 0.416 e. The molecule has 0 aliphatic carbocycles. The lowest BCUT2D eigenvalue weighted by Gasteiger charge is -2.31. The summed E-state index contributed by atoms with van der Waals surface area (Å²) in [6.07, 6.45) is -4.57. The molecule has 1 aliphatic rings. The van der Waals surface area contributed by atoms with E-state index in [0.29, 0.717) is 37.7 Å². The molecule has 0 atom stereocenters. The normalized spacial score (nSPS) is 14.1. The standard InChI is InChI=1S/C21H21F3N2O5/c22-21(23,24)15-6-7-18(26-8-10-29-11-9-26)17(12-15)25-19(27)13-31-20(28)14-30-16-4-2-1-3-5-16/h1-7,12H,8-11,13-14H2,(H,25,27). The zero-order valence-corrected chi connectivity index (χ0v) is 16.5. The Morgan fingerprint density at radius 3 is 2.42 bits per heavy atom. The van der Waals surface area contributed by atoms with Gasteiger partial charge >= 0.3 is 12.1 Å². The van der Waals surface area contributed by atoms with E-state index in [0.717, 1.165) is 12.1 Å². The Bertz CT molecular complexity index is 900. The average Bonchev–Trinajstić information content (AvgIpc) is 2.77. The van der Waals surface area contributed by atoms with E-state index in [1.54, 1.807) is 30.3 Å². The minimum Gasteiger partial charge on any atom is -0.482 e. The lowest BCUT2D eigenvalue weighted by molar-refractivity contribution is -0.149. The number of alkyl halides is 3. The summed E-state index contributed by atoms with van der Waals surface area (Å²) in [4.78, 5) is 25.8. The number of anilines is 2. The first-order chi connectivity index (χ1) is 14.8. The van der Waals surface area contributed by atoms with Gasteiger partial charge in [-0.15, -0.1) is 0 Å². The number of ether oxygens (including phenoxy) is 3. The molecule has 7 nitrogen and oxygen atoms in total. The van der Waals surface area contributed by atoms with Crippen LogP contribution in [0.1, 0.15) is 5.56 Å². The summed E-state index contributed by atoms with van der Waals surface area (Å²) >= 11 is 0. The maximum absolute atomic E-state index is 13.1. The van der Waals surface area contributed by atoms with E-state index in [1.807, 2.05) is 4.90 Å². The van der Waals surface area contributed by atoms with E-state index < -0.39 is 36.8 Å². The Morgan fingerprint density at radius 1 is 1.03 bits per heavy atom. The number of carbonyl (C=O) groups is 2. The second kappa shape index (κ2) is 10.2. The highest BCUT2D eigenvalue weighted by Crippen LogP contribution is 2.35. The van der Waals surface area contributed by atoms with Gasteiger partial charge in [0.25, 0.3) is 5.91 Å². The molecule has 1 N–H and O–H groups in total. The van der Waals surface area contributed by atoms with E-state index in [1.165, 1.54) is 6.07 Å². The molecular weight excluding hydrogens is 417 g/mol. The number of nitrogens with zero attached hydrogens (tertiary/aromatic N) is 1. The van der Waals surface area contributed by atoms with Gasteiger partial charge in [-0.05, 0) is 30.3 Å². The third kappa shape index (κ3) is 6.61. The predicted molar refractivity (Wildman–Crippen MR) is 106 cm³/mol. The molecule has 1 saturated heterocycles. The summed E-state index contributed by atoms with van der Waals surface area (Å²) in [5.74, 6) is -1.08. The van der Waals surface area contributed by atoms with Gasteiger partial charge in [0.15, 0.2) is 13.2 Å². The molecule has 0 bridgehead atoms. The number of hydrogen-bond acceptors (Lipinski definition) is 6. The molecule has 0 radical (unpaired) electrons. The van der Waals surface area contributed by atoms with Gasteiger partial charge in [0.1, 0.15) is 5.75 Å². The molecule has 0 spiro atoms. The third-order valence-electron chi connectivity index (χ3n) is 4.41. The van der Waals surface area contributed by atoms with E-state index >= 15 is 0 Å². The molecular formula is C21H21F3N2O5. The van der Waals surface area contributed by atoms with Crippen molar-refractivity contribution in [1.29, 1.82) is 0 Å². The number of esters is 1. The van der Waals surface area contributed by atoms with Gasteiger partial charge < -0.3 is 24.4 Å². The molecule has 31 heavy (non-hydrogen) atoms. The molecule has 0 saturated carbocycles. The fourth-order valence-corrected chi connectivity index (χ4v) is 2.93. The zero-order chi connectivity index (χ0) is 22.3. The van der Waals surface area contributed by atoms with Crippen molar-refractivity contribution in [3.05, 3.63) is 54.1 Å². The minimum absolute atomic E-state index is 0.0155. The van der Waals surface area contributed by atoms with Crippen molar-refractivity contribution in [3.8, 4) is 5.75 Å². The van der Waals surface area contributed by atoms with Crippen LogP contribution in [0, 0.1) is 0 Å². The number of nitrogens with one attached hydrogen (secondary N) is 1. The molecule has 1 aliphatic heterocycles. The maximum atomic E-state index is 13.1. The molecule has 3 rings (SSSR count). The lowest BCUT2D eigenvalue weighted by atomic mass is 10.1. The zero-order valence-electron chi connectivity index (χ0n) is 16.5. The van der Waals surface area contributed by atoms with Crippen LogP contribution in [0.25, 0.3) is 0 Å². The first kappa shape index (κ1) is 22.4. The van der Waals surface area contributed by atoms with Gasteiger partial charge in [-0.3, -0.25) is 4.79 Å². The minimum atomic E-state index is -4.57. The highest BCUT2D eigenvalue weighted by molar-refractivity contribution is 5.96. The molecule has 10 heteroatoms. The first-order valence-electron chi connectivity index (χ1n) is 9.50. The number of morpholine rings is 1. The number of para-hydroxylation sites is 1. The number of halogens is 3. The van der Waals surface area contributed by atoms with Gasteiger partial charge in [0.2, 0.25) is 0 Å². The summed E-state index contributed by atoms with van der Waals surface area (Å²) in [6.45, 7) is 0.733. The number of hydrogen-bond donors (Lipinski definition) is 1. The average molecular weight is 438 g/mol. The molecule has 1 amide bonds. The van der Waals surface area contributed by atoms with Crippen LogP contribution in [-0.4, -0.2) is 51.4 Å². The number of amides is 1. The van der Waals surface area contributed by atoms with Gasteiger partial charge in [-0.2, -0.15) is 13.2 Å². The van der Waals surface area contributed by atoms with Crippen LogP contribution in [0.3, 0.4) is 0 Å². The molecule has 0 unspecified atom stereocenters. The highest BCUT2D eigenvalue weighted by atomic mass is 19.4. The van der Waals surface area contributed by atoms with Crippen molar-refractivity contribution in [2.24, 2.45) is 0 Å². The quantitative estimate of drug-likeness (QED) is 0.670.